The van der Waals surface area contributed by atoms with E-state index in [-0.39, 0.29) is 0 Å². The fourth-order valence-electron chi connectivity index (χ4n) is 1.36. The van der Waals surface area contributed by atoms with Crippen LogP contribution in [0, 0.1) is 0 Å². The van der Waals surface area contributed by atoms with Gasteiger partial charge in [0.15, 0.2) is 7.28 Å². The molecular weight excluding hydrogens is 132 g/mol. The molecule has 3 heteroatoms. The van der Waals surface area contributed by atoms with Crippen molar-refractivity contribution in [1.82, 2.24) is 4.98 Å². The van der Waals surface area contributed by atoms with E-state index in [0.717, 1.165) is 18.2 Å². The molecule has 0 aromatic carbocycles. The summed E-state index contributed by atoms with van der Waals surface area (Å²) in [5, 5.41) is 0. The Morgan fingerprint density at radius 3 is 3.27 bits per heavy atom. The molecule has 11 heavy (non-hydrogen) atoms. The number of rotatable bonds is 1. The van der Waals surface area contributed by atoms with Crippen LogP contribution in [0.25, 0.3) is 0 Å². The fraction of sp³-hybridized carbons (Fsp3) is 0.375. The van der Waals surface area contributed by atoms with Crippen LogP contribution >= 0.6 is 0 Å². The second-order valence-corrected chi connectivity index (χ2v) is 2.82. The highest BCUT2D eigenvalue weighted by atomic mass is 14.6. The molecule has 0 saturated heterocycles. The maximum absolute atomic E-state index is 4.34. The van der Waals surface area contributed by atoms with Gasteiger partial charge in [0.25, 0.3) is 0 Å². The average molecular weight is 141 g/mol. The highest BCUT2D eigenvalue weighted by Crippen LogP contribution is 1.96. The van der Waals surface area contributed by atoms with Crippen molar-refractivity contribution in [2.45, 2.75) is 19.6 Å². The summed E-state index contributed by atoms with van der Waals surface area (Å²) in [6.07, 6.45) is 4.10. The summed E-state index contributed by atoms with van der Waals surface area (Å²) in [7, 11) is 4.39. The van der Waals surface area contributed by atoms with Crippen molar-refractivity contribution in [1.29, 1.82) is 0 Å². The van der Waals surface area contributed by atoms with Crippen molar-refractivity contribution in [3.63, 3.8) is 0 Å². The zero-order valence-electron chi connectivity index (χ0n) is 6.67. The maximum Gasteiger partial charge on any atom is 0.168 e. The lowest BCUT2D eigenvalue weighted by Crippen LogP contribution is -2.28. The second-order valence-electron chi connectivity index (χ2n) is 2.82. The molecule has 1 aliphatic rings. The molecule has 2 heterocycles. The molecule has 0 fully saturated rings. The van der Waals surface area contributed by atoms with E-state index in [1.165, 1.54) is 11.0 Å². The fourth-order valence-corrected chi connectivity index (χ4v) is 1.36. The topological polar surface area (TPSA) is 12.9 Å². The van der Waals surface area contributed by atoms with Gasteiger partial charge in [-0.2, -0.15) is 0 Å². The summed E-state index contributed by atoms with van der Waals surface area (Å²) in [6.45, 7) is 2.15. The number of aromatic nitrogens is 1. The Morgan fingerprint density at radius 1 is 1.55 bits per heavy atom. The molecule has 0 saturated carbocycles. The van der Waals surface area contributed by atoms with Gasteiger partial charge in [0.2, 0.25) is 0 Å². The molecule has 0 amide bonds. The van der Waals surface area contributed by atoms with Crippen LogP contribution in [0.3, 0.4) is 0 Å². The van der Waals surface area contributed by atoms with Crippen molar-refractivity contribution in [3.05, 3.63) is 17.8 Å². The van der Waals surface area contributed by atoms with Crippen LogP contribution in [-0.2, 0) is 6.42 Å². The minimum absolute atomic E-state index is 1.05. The van der Waals surface area contributed by atoms with Crippen molar-refractivity contribution in [2.24, 2.45) is 0 Å². The lowest BCUT2D eigenvalue weighted by Gasteiger charge is -2.00. The Morgan fingerprint density at radius 2 is 2.45 bits per heavy atom. The van der Waals surface area contributed by atoms with E-state index >= 15 is 0 Å². The predicted molar refractivity (Wildman–Crippen MR) is 49.2 cm³/mol. The molecule has 1 aromatic heterocycles. The molecule has 0 bridgehead atoms. The third-order valence-electron chi connectivity index (χ3n) is 2.06. The second kappa shape index (κ2) is 2.72. The number of nitrogens with zero attached hydrogens (tertiary/aromatic N) is 1. The minimum atomic E-state index is 1.05. The van der Waals surface area contributed by atoms with Crippen LogP contribution in [0.4, 0.5) is 0 Å². The van der Waals surface area contributed by atoms with E-state index in [1.807, 2.05) is 6.20 Å². The van der Waals surface area contributed by atoms with Crippen LogP contribution in [0.1, 0.15) is 12.5 Å². The van der Waals surface area contributed by atoms with Gasteiger partial charge in [-0.05, 0) is 17.6 Å². The number of pyridine rings is 1. The Hall–Kier alpha value is -0.720. The minimum Gasteiger partial charge on any atom is -0.272 e. The largest absolute Gasteiger partial charge is 0.272 e. The first-order valence-electron chi connectivity index (χ1n) is 4.05. The van der Waals surface area contributed by atoms with Crippen LogP contribution in [0.2, 0.25) is 6.22 Å². The van der Waals surface area contributed by atoms with Gasteiger partial charge in [-0.1, -0.05) is 24.7 Å². The maximum atomic E-state index is 4.34. The normalized spacial score (nSPS) is 13.5. The lowest BCUT2D eigenvalue weighted by molar-refractivity contribution is 1.12. The molecule has 52 valence electrons. The van der Waals surface area contributed by atoms with Gasteiger partial charge in [-0.3, -0.25) is 4.98 Å². The van der Waals surface area contributed by atoms with Gasteiger partial charge in [-0.25, -0.2) is 0 Å². The molecule has 2 rings (SSSR count). The predicted octanol–water partition coefficient (Wildman–Crippen LogP) is -0.308. The van der Waals surface area contributed by atoms with Crippen molar-refractivity contribution < 1.29 is 0 Å². The SMILES string of the molecule is CCc1cnc2c(c1)[B]C[B]2. The number of hydrogen-bond donors (Lipinski definition) is 0. The van der Waals surface area contributed by atoms with E-state index < -0.39 is 0 Å². The summed E-state index contributed by atoms with van der Waals surface area (Å²) in [5.41, 5.74) is 3.79. The summed E-state index contributed by atoms with van der Waals surface area (Å²) < 4.78 is 0. The van der Waals surface area contributed by atoms with E-state index in [1.54, 1.807) is 0 Å². The quantitative estimate of drug-likeness (QED) is 0.488. The lowest BCUT2D eigenvalue weighted by atomic mass is 9.63. The first-order valence-corrected chi connectivity index (χ1v) is 4.05. The first-order chi connectivity index (χ1) is 5.40. The smallest absolute Gasteiger partial charge is 0.168 e. The molecule has 0 aliphatic carbocycles. The molecule has 1 aromatic rings. The third kappa shape index (κ3) is 1.20. The van der Waals surface area contributed by atoms with Gasteiger partial charge in [0.05, 0.1) is 0 Å². The highest BCUT2D eigenvalue weighted by Gasteiger charge is 2.13. The Bertz CT molecular complexity index is 273. The monoisotopic (exact) mass is 141 g/mol. The van der Waals surface area contributed by atoms with Gasteiger partial charge >= 0.3 is 0 Å². The van der Waals surface area contributed by atoms with E-state index in [2.05, 4.69) is 32.5 Å². The van der Waals surface area contributed by atoms with E-state index in [0.29, 0.717) is 0 Å². The molecule has 1 nitrogen and oxygen atoms in total. The molecule has 1 aliphatic heterocycles. The standard InChI is InChI=1S/C8H9B2N/c1-2-6-3-7-8(11-4-6)10-5-9-7/h3-4H,2,5H2,1H3. The Balaban J connectivity index is 2.41. The zero-order chi connectivity index (χ0) is 7.68. The van der Waals surface area contributed by atoms with Gasteiger partial charge in [0, 0.05) is 6.20 Å². The third-order valence-corrected chi connectivity index (χ3v) is 2.06. The Kier molecular flexibility index (Phi) is 1.72. The number of hydrogen-bond acceptors (Lipinski definition) is 1. The van der Waals surface area contributed by atoms with Crippen molar-refractivity contribution in [2.75, 3.05) is 0 Å². The molecule has 0 unspecified atom stereocenters. The summed E-state index contributed by atoms with van der Waals surface area (Å²) in [6, 6.07) is 2.23. The summed E-state index contributed by atoms with van der Waals surface area (Å²) in [5.74, 6) is 0. The number of aryl methyl sites for hydroxylation is 1. The van der Waals surface area contributed by atoms with Gasteiger partial charge < -0.3 is 0 Å². The van der Waals surface area contributed by atoms with E-state index in [4.69, 9.17) is 0 Å². The van der Waals surface area contributed by atoms with Gasteiger partial charge in [-0.15, -0.1) is 0 Å². The Labute approximate surface area is 68.7 Å². The van der Waals surface area contributed by atoms with Crippen molar-refractivity contribution >= 4 is 25.6 Å². The molecular formula is C8H9B2N. The summed E-state index contributed by atoms with van der Waals surface area (Å²) >= 11 is 0. The molecule has 2 radical (unpaired) electrons. The highest BCUT2D eigenvalue weighted by molar-refractivity contribution is 6.81. The zero-order valence-corrected chi connectivity index (χ0v) is 6.67. The average Bonchev–Trinajstić information content (AvgIpc) is 2.50. The number of fused-ring (bicyclic) bond motifs is 1. The van der Waals surface area contributed by atoms with Crippen LogP contribution in [0.5, 0.6) is 0 Å². The van der Waals surface area contributed by atoms with Gasteiger partial charge in [0.1, 0.15) is 7.28 Å². The molecule has 0 N–H and O–H groups in total. The summed E-state index contributed by atoms with van der Waals surface area (Å²) in [4.78, 5) is 4.34. The van der Waals surface area contributed by atoms with Crippen molar-refractivity contribution in [3.8, 4) is 0 Å². The van der Waals surface area contributed by atoms with E-state index in [9.17, 15) is 0 Å². The molecule has 0 spiro atoms. The van der Waals surface area contributed by atoms with Crippen LogP contribution in [-0.4, -0.2) is 19.5 Å². The first kappa shape index (κ1) is 6.96. The van der Waals surface area contributed by atoms with Crippen LogP contribution < -0.4 is 11.1 Å². The molecule has 0 atom stereocenters. The van der Waals surface area contributed by atoms with Crippen LogP contribution in [0.15, 0.2) is 12.3 Å².